The van der Waals surface area contributed by atoms with Crippen LogP contribution < -0.4 is 0 Å². The van der Waals surface area contributed by atoms with E-state index in [1.54, 1.807) is 24.3 Å². The summed E-state index contributed by atoms with van der Waals surface area (Å²) in [7, 11) is -3.60. The van der Waals surface area contributed by atoms with Crippen molar-refractivity contribution in [3.05, 3.63) is 46.2 Å². The van der Waals surface area contributed by atoms with E-state index in [0.29, 0.717) is 10.6 Å². The lowest BCUT2D eigenvalue weighted by atomic mass is 10.1. The monoisotopic (exact) mass is 314 g/mol. The van der Waals surface area contributed by atoms with Crippen molar-refractivity contribution in [3.8, 4) is 0 Å². The van der Waals surface area contributed by atoms with E-state index >= 15 is 0 Å². The van der Waals surface area contributed by atoms with Crippen molar-refractivity contribution in [2.45, 2.75) is 11.6 Å². The fourth-order valence-corrected chi connectivity index (χ4v) is 2.47. The van der Waals surface area contributed by atoms with E-state index in [1.165, 1.54) is 0 Å². The van der Waals surface area contributed by atoms with Crippen molar-refractivity contribution in [2.24, 2.45) is 0 Å². The number of halogens is 1. The van der Waals surface area contributed by atoms with Crippen molar-refractivity contribution < 1.29 is 18.3 Å². The lowest BCUT2D eigenvalue weighted by Crippen LogP contribution is -2.03. The number of hydrogen-bond donors (Lipinski definition) is 2. The second-order valence-electron chi connectivity index (χ2n) is 4.21. The molecule has 0 aliphatic heterocycles. The van der Waals surface area contributed by atoms with Crippen LogP contribution in [0, 0.1) is 0 Å². The van der Waals surface area contributed by atoms with Crippen LogP contribution in [-0.2, 0) is 16.3 Å². The molecule has 0 unspecified atom stereocenters. The normalized spacial score (nSPS) is 11.5. The van der Waals surface area contributed by atoms with Gasteiger partial charge in [0.05, 0.1) is 5.69 Å². The molecule has 0 atom stereocenters. The van der Waals surface area contributed by atoms with Crippen LogP contribution in [0.15, 0.2) is 29.4 Å². The molecule has 1 heterocycles. The first-order chi connectivity index (χ1) is 9.29. The van der Waals surface area contributed by atoms with Crippen LogP contribution in [0.25, 0.3) is 0 Å². The Morgan fingerprint density at radius 3 is 2.60 bits per heavy atom. The van der Waals surface area contributed by atoms with E-state index in [-0.39, 0.29) is 23.0 Å². The summed E-state index contributed by atoms with van der Waals surface area (Å²) in [6.45, 7) is 0. The maximum absolute atomic E-state index is 11.4. The number of aromatic carboxylic acids is 1. The van der Waals surface area contributed by atoms with Gasteiger partial charge in [-0.3, -0.25) is 0 Å². The molecule has 106 valence electrons. The van der Waals surface area contributed by atoms with E-state index in [9.17, 15) is 13.2 Å². The number of nitrogens with one attached hydrogen (secondary N) is 1. The highest BCUT2D eigenvalue weighted by atomic mass is 35.5. The van der Waals surface area contributed by atoms with Gasteiger partial charge in [-0.1, -0.05) is 29.8 Å². The number of carboxylic acid groups (broad SMARTS) is 1. The molecule has 0 fully saturated rings. The number of benzene rings is 1. The van der Waals surface area contributed by atoms with Gasteiger partial charge in [0.1, 0.15) is 0 Å². The Bertz CT molecular complexity index is 768. The number of carboxylic acids is 1. The maximum Gasteiger partial charge on any atom is 0.356 e. The third-order valence-electron chi connectivity index (χ3n) is 2.64. The predicted molar refractivity (Wildman–Crippen MR) is 72.9 cm³/mol. The van der Waals surface area contributed by atoms with Crippen molar-refractivity contribution >= 4 is 27.4 Å². The molecule has 1 aromatic heterocycles. The van der Waals surface area contributed by atoms with Gasteiger partial charge in [0, 0.05) is 17.7 Å². The molecule has 2 N–H and O–H groups in total. The van der Waals surface area contributed by atoms with Crippen LogP contribution in [0.3, 0.4) is 0 Å². The van der Waals surface area contributed by atoms with Gasteiger partial charge < -0.3 is 10.1 Å². The molecule has 0 radical (unpaired) electrons. The minimum absolute atomic E-state index is 0.157. The fourth-order valence-electron chi connectivity index (χ4n) is 1.70. The van der Waals surface area contributed by atoms with Crippen LogP contribution >= 0.6 is 11.6 Å². The Labute approximate surface area is 120 Å². The number of carbonyl (C=O) groups is 1. The molecule has 8 heteroatoms. The molecule has 0 spiro atoms. The topological polar surface area (TPSA) is 100 Å². The number of nitrogens with zero attached hydrogens (tertiary/aromatic N) is 1. The zero-order valence-electron chi connectivity index (χ0n) is 10.4. The van der Waals surface area contributed by atoms with Crippen LogP contribution in [0.5, 0.6) is 0 Å². The Morgan fingerprint density at radius 1 is 1.40 bits per heavy atom. The van der Waals surface area contributed by atoms with E-state index < -0.39 is 15.8 Å². The molecule has 0 saturated heterocycles. The average Bonchev–Trinajstić information content (AvgIpc) is 2.76. The van der Waals surface area contributed by atoms with Gasteiger partial charge in [-0.05, 0) is 11.6 Å². The van der Waals surface area contributed by atoms with E-state index in [2.05, 4.69) is 9.97 Å². The second kappa shape index (κ2) is 5.26. The van der Waals surface area contributed by atoms with E-state index in [4.69, 9.17) is 16.7 Å². The van der Waals surface area contributed by atoms with Gasteiger partial charge in [-0.2, -0.15) is 0 Å². The number of sulfone groups is 1. The number of aromatic nitrogens is 2. The van der Waals surface area contributed by atoms with Gasteiger partial charge in [0.15, 0.2) is 5.69 Å². The number of H-pyrrole nitrogens is 1. The molecule has 0 aliphatic carbocycles. The van der Waals surface area contributed by atoms with Gasteiger partial charge in [0.2, 0.25) is 15.0 Å². The van der Waals surface area contributed by atoms with Gasteiger partial charge in [-0.25, -0.2) is 18.2 Å². The van der Waals surface area contributed by atoms with Gasteiger partial charge >= 0.3 is 5.97 Å². The van der Waals surface area contributed by atoms with Crippen molar-refractivity contribution in [1.82, 2.24) is 9.97 Å². The zero-order chi connectivity index (χ0) is 14.9. The second-order valence-corrected chi connectivity index (χ2v) is 6.55. The zero-order valence-corrected chi connectivity index (χ0v) is 12.0. The summed E-state index contributed by atoms with van der Waals surface area (Å²) in [4.78, 5) is 17.3. The molecule has 0 bridgehead atoms. The molecule has 0 saturated carbocycles. The first-order valence-electron chi connectivity index (χ1n) is 5.54. The van der Waals surface area contributed by atoms with E-state index in [0.717, 1.165) is 6.26 Å². The summed E-state index contributed by atoms with van der Waals surface area (Å²) in [5.74, 6) is -1.29. The molecule has 2 rings (SSSR count). The minimum Gasteiger partial charge on any atom is -0.476 e. The number of aromatic amines is 1. The molecule has 2 aromatic rings. The first-order valence-corrected chi connectivity index (χ1v) is 7.81. The van der Waals surface area contributed by atoms with Crippen LogP contribution in [0.2, 0.25) is 5.02 Å². The van der Waals surface area contributed by atoms with Crippen molar-refractivity contribution in [1.29, 1.82) is 0 Å². The van der Waals surface area contributed by atoms with Gasteiger partial charge in [-0.15, -0.1) is 0 Å². The third kappa shape index (κ3) is 3.00. The third-order valence-corrected chi connectivity index (χ3v) is 3.90. The quantitative estimate of drug-likeness (QED) is 0.895. The van der Waals surface area contributed by atoms with Crippen molar-refractivity contribution in [2.75, 3.05) is 6.26 Å². The number of rotatable bonds is 4. The van der Waals surface area contributed by atoms with Gasteiger partial charge in [0.25, 0.3) is 0 Å². The van der Waals surface area contributed by atoms with Crippen LogP contribution in [-0.4, -0.2) is 35.7 Å². The number of imidazole rings is 1. The Balaban J connectivity index is 2.49. The summed E-state index contributed by atoms with van der Waals surface area (Å²) < 4.78 is 22.9. The lowest BCUT2D eigenvalue weighted by Gasteiger charge is -2.02. The molecule has 0 aliphatic rings. The van der Waals surface area contributed by atoms with Crippen LogP contribution in [0.1, 0.15) is 21.7 Å². The first kappa shape index (κ1) is 14.5. The number of hydrogen-bond acceptors (Lipinski definition) is 4. The highest BCUT2D eigenvalue weighted by Gasteiger charge is 2.22. The van der Waals surface area contributed by atoms with Crippen LogP contribution in [0.4, 0.5) is 0 Å². The Morgan fingerprint density at radius 2 is 2.05 bits per heavy atom. The fraction of sp³-hybridized carbons (Fsp3) is 0.167. The summed E-state index contributed by atoms with van der Waals surface area (Å²) in [5.41, 5.74) is 0.566. The van der Waals surface area contributed by atoms with Crippen molar-refractivity contribution in [3.63, 3.8) is 0 Å². The van der Waals surface area contributed by atoms with E-state index in [1.807, 2.05) is 0 Å². The summed E-state index contributed by atoms with van der Waals surface area (Å²) in [5, 5.41) is 9.19. The molecular formula is C12H11ClN2O4S. The predicted octanol–water partition coefficient (Wildman–Crippen LogP) is 1.76. The average molecular weight is 315 g/mol. The smallest absolute Gasteiger partial charge is 0.356 e. The largest absolute Gasteiger partial charge is 0.476 e. The maximum atomic E-state index is 11.4. The molecule has 0 amide bonds. The Kier molecular flexibility index (Phi) is 3.82. The highest BCUT2D eigenvalue weighted by Crippen LogP contribution is 2.21. The molecule has 1 aromatic carbocycles. The Hall–Kier alpha value is -1.86. The molecule has 6 nitrogen and oxygen atoms in total. The SMILES string of the molecule is CS(=O)(=O)c1nc(C(=O)O)c(Cc2ccccc2Cl)[nH]1. The lowest BCUT2D eigenvalue weighted by molar-refractivity contribution is 0.0689. The molecule has 20 heavy (non-hydrogen) atoms. The summed E-state index contributed by atoms with van der Waals surface area (Å²) in [6, 6.07) is 6.91. The minimum atomic E-state index is -3.60. The summed E-state index contributed by atoms with van der Waals surface area (Å²) in [6.07, 6.45) is 1.11. The molecular weight excluding hydrogens is 304 g/mol. The highest BCUT2D eigenvalue weighted by molar-refractivity contribution is 7.90. The summed E-state index contributed by atoms with van der Waals surface area (Å²) >= 11 is 6.00. The standard InChI is InChI=1S/C12H11ClN2O4S/c1-20(18,19)12-14-9(10(15-12)11(16)17)6-7-4-2-3-5-8(7)13/h2-5H,6H2,1H3,(H,14,15)(H,16,17).